The minimum Gasteiger partial charge on any atom is -0.469 e. The monoisotopic (exact) mass is 546 g/mol. The molecule has 2 aliphatic heterocycles. The number of methoxy groups -OCH3 is 1. The van der Waals surface area contributed by atoms with E-state index in [9.17, 15) is 19.2 Å². The molecule has 2 amide bonds. The Labute approximate surface area is 231 Å². The van der Waals surface area contributed by atoms with Gasteiger partial charge < -0.3 is 14.4 Å². The number of hydrogen-bond donors (Lipinski definition) is 0. The van der Waals surface area contributed by atoms with E-state index < -0.39 is 47.2 Å². The van der Waals surface area contributed by atoms with Gasteiger partial charge in [-0.1, -0.05) is 60.1 Å². The Morgan fingerprint density at radius 3 is 2.18 bits per heavy atom. The van der Waals surface area contributed by atoms with Crippen molar-refractivity contribution in [1.82, 2.24) is 0 Å². The molecule has 5 rings (SSSR count). The first-order valence-corrected chi connectivity index (χ1v) is 12.9. The summed E-state index contributed by atoms with van der Waals surface area (Å²) < 4.78 is 10.8. The number of carbonyl (C=O) groups is 4. The first-order valence-electron chi connectivity index (χ1n) is 12.6. The highest BCUT2D eigenvalue weighted by atomic mass is 35.5. The van der Waals surface area contributed by atoms with Crippen molar-refractivity contribution in [2.24, 2.45) is 5.92 Å². The standard InChI is InChI=1S/C30H27ClN2O6/c1-4-39-28(36)25-24(27(35)38-3)30(22-17-20(31)15-16-23(22)32(18(2)34)29(30)37)26(19-11-7-5-8-12-19)33(25)21-13-9-6-10-14-21/h5-17,24-26H,4H2,1-3H3/t24-,25-,26+,30+/m0/s1. The smallest absolute Gasteiger partial charge is 0.329 e. The minimum absolute atomic E-state index is 0.0603. The Kier molecular flexibility index (Phi) is 6.91. The van der Waals surface area contributed by atoms with E-state index in [4.69, 9.17) is 21.1 Å². The summed E-state index contributed by atoms with van der Waals surface area (Å²) in [5.41, 5.74) is 0.171. The third-order valence-corrected chi connectivity index (χ3v) is 7.72. The number of anilines is 2. The molecule has 3 aromatic rings. The van der Waals surface area contributed by atoms with Gasteiger partial charge in [0.05, 0.1) is 25.4 Å². The molecule has 0 aliphatic carbocycles. The van der Waals surface area contributed by atoms with E-state index in [0.717, 1.165) is 4.90 Å². The van der Waals surface area contributed by atoms with Gasteiger partial charge in [0.15, 0.2) is 0 Å². The average Bonchev–Trinajstić information content (AvgIpc) is 3.39. The van der Waals surface area contributed by atoms with E-state index in [2.05, 4.69) is 0 Å². The molecule has 0 N–H and O–H groups in total. The molecule has 0 radical (unpaired) electrons. The zero-order valence-electron chi connectivity index (χ0n) is 21.7. The second-order valence-electron chi connectivity index (χ2n) is 9.44. The second kappa shape index (κ2) is 10.2. The molecule has 8 nitrogen and oxygen atoms in total. The van der Waals surface area contributed by atoms with Crippen LogP contribution in [0.5, 0.6) is 0 Å². The summed E-state index contributed by atoms with van der Waals surface area (Å²) in [4.78, 5) is 58.1. The predicted molar refractivity (Wildman–Crippen MR) is 145 cm³/mol. The minimum atomic E-state index is -1.76. The van der Waals surface area contributed by atoms with Crippen LogP contribution < -0.4 is 9.80 Å². The van der Waals surface area contributed by atoms with Crippen LogP contribution in [0, 0.1) is 5.92 Å². The van der Waals surface area contributed by atoms with Gasteiger partial charge in [-0.3, -0.25) is 14.4 Å². The van der Waals surface area contributed by atoms with Crippen molar-refractivity contribution < 1.29 is 28.7 Å². The van der Waals surface area contributed by atoms with E-state index in [1.54, 1.807) is 54.3 Å². The predicted octanol–water partition coefficient (Wildman–Crippen LogP) is 4.45. The number of fused-ring (bicyclic) bond motifs is 2. The van der Waals surface area contributed by atoms with Crippen LogP contribution in [-0.2, 0) is 34.1 Å². The van der Waals surface area contributed by atoms with Gasteiger partial charge in [0.1, 0.15) is 17.4 Å². The lowest BCUT2D eigenvalue weighted by atomic mass is 9.65. The zero-order chi connectivity index (χ0) is 27.9. The first kappa shape index (κ1) is 26.4. The summed E-state index contributed by atoms with van der Waals surface area (Å²) in [5.74, 6) is -4.00. The van der Waals surface area contributed by atoms with Crippen LogP contribution in [0.15, 0.2) is 78.9 Å². The van der Waals surface area contributed by atoms with Gasteiger partial charge in [-0.05, 0) is 48.4 Å². The lowest BCUT2D eigenvalue weighted by Crippen LogP contribution is -2.52. The van der Waals surface area contributed by atoms with Crippen molar-refractivity contribution in [2.75, 3.05) is 23.5 Å². The third kappa shape index (κ3) is 3.89. The fraction of sp³-hybridized carbons (Fsp3) is 0.267. The summed E-state index contributed by atoms with van der Waals surface area (Å²) in [6.45, 7) is 3.02. The summed E-state index contributed by atoms with van der Waals surface area (Å²) in [5, 5.41) is 0.313. The second-order valence-corrected chi connectivity index (χ2v) is 9.88. The van der Waals surface area contributed by atoms with Crippen LogP contribution in [0.1, 0.15) is 31.0 Å². The Morgan fingerprint density at radius 2 is 1.59 bits per heavy atom. The number of nitrogens with zero attached hydrogens (tertiary/aromatic N) is 2. The third-order valence-electron chi connectivity index (χ3n) is 7.49. The quantitative estimate of drug-likeness (QED) is 0.436. The van der Waals surface area contributed by atoms with Crippen molar-refractivity contribution in [2.45, 2.75) is 31.3 Å². The van der Waals surface area contributed by atoms with Crippen LogP contribution in [0.2, 0.25) is 5.02 Å². The highest BCUT2D eigenvalue weighted by Crippen LogP contribution is 2.62. The van der Waals surface area contributed by atoms with Gasteiger partial charge in [0.2, 0.25) is 11.8 Å². The highest BCUT2D eigenvalue weighted by Gasteiger charge is 2.73. The van der Waals surface area contributed by atoms with Gasteiger partial charge in [-0.15, -0.1) is 0 Å². The molecule has 0 saturated carbocycles. The molecule has 4 atom stereocenters. The molecule has 200 valence electrons. The number of esters is 2. The molecule has 0 aromatic heterocycles. The van der Waals surface area contributed by atoms with Gasteiger partial charge in [0.25, 0.3) is 0 Å². The molecule has 1 spiro atoms. The molecule has 9 heteroatoms. The summed E-state index contributed by atoms with van der Waals surface area (Å²) >= 11 is 6.48. The van der Waals surface area contributed by atoms with E-state index in [1.165, 1.54) is 14.0 Å². The van der Waals surface area contributed by atoms with E-state index in [-0.39, 0.29) is 6.61 Å². The summed E-state index contributed by atoms with van der Waals surface area (Å²) in [6.07, 6.45) is 0. The van der Waals surface area contributed by atoms with E-state index in [0.29, 0.717) is 27.5 Å². The maximum Gasteiger partial charge on any atom is 0.329 e. The molecule has 3 aromatic carbocycles. The number of benzene rings is 3. The Hall–Kier alpha value is -4.17. The lowest BCUT2D eigenvalue weighted by Gasteiger charge is -2.37. The molecule has 2 aliphatic rings. The van der Waals surface area contributed by atoms with Crippen molar-refractivity contribution in [3.8, 4) is 0 Å². The lowest BCUT2D eigenvalue weighted by molar-refractivity contribution is -0.157. The number of carbonyl (C=O) groups excluding carboxylic acids is 4. The topological polar surface area (TPSA) is 93.2 Å². The number of rotatable bonds is 5. The number of hydrogen-bond acceptors (Lipinski definition) is 7. The number of ether oxygens (including phenoxy) is 2. The van der Waals surface area contributed by atoms with Crippen molar-refractivity contribution in [1.29, 1.82) is 0 Å². The van der Waals surface area contributed by atoms with E-state index >= 15 is 0 Å². The number of para-hydroxylation sites is 1. The van der Waals surface area contributed by atoms with Crippen molar-refractivity contribution >= 4 is 46.7 Å². The van der Waals surface area contributed by atoms with Crippen LogP contribution >= 0.6 is 11.6 Å². The highest BCUT2D eigenvalue weighted by molar-refractivity contribution is 6.32. The van der Waals surface area contributed by atoms with Crippen LogP contribution in [-0.4, -0.2) is 43.5 Å². The van der Waals surface area contributed by atoms with E-state index in [1.807, 2.05) is 36.4 Å². The number of amides is 2. The SMILES string of the molecule is CCOC(=O)[C@@H]1[C@@H](C(=O)OC)[C@@]2(C(=O)N(C(C)=O)c3ccc(Cl)cc32)[C@@H](c2ccccc2)N1c1ccccc1. The van der Waals surface area contributed by atoms with Gasteiger partial charge in [0, 0.05) is 17.6 Å². The van der Waals surface area contributed by atoms with Crippen molar-refractivity contribution in [3.05, 3.63) is 95.0 Å². The average molecular weight is 547 g/mol. The summed E-state index contributed by atoms with van der Waals surface area (Å²) in [7, 11) is 1.21. The molecular weight excluding hydrogens is 520 g/mol. The molecule has 1 fully saturated rings. The van der Waals surface area contributed by atoms with Crippen LogP contribution in [0.4, 0.5) is 11.4 Å². The first-order chi connectivity index (χ1) is 18.8. The molecule has 2 heterocycles. The molecule has 0 unspecified atom stereocenters. The number of halogens is 1. The van der Waals surface area contributed by atoms with Crippen molar-refractivity contribution in [3.63, 3.8) is 0 Å². The Morgan fingerprint density at radius 1 is 0.949 bits per heavy atom. The van der Waals surface area contributed by atoms with Crippen LogP contribution in [0.3, 0.4) is 0 Å². The van der Waals surface area contributed by atoms with Gasteiger partial charge in [-0.2, -0.15) is 0 Å². The molecule has 1 saturated heterocycles. The molecule has 0 bridgehead atoms. The van der Waals surface area contributed by atoms with Crippen LogP contribution in [0.25, 0.3) is 0 Å². The maximum absolute atomic E-state index is 14.7. The zero-order valence-corrected chi connectivity index (χ0v) is 22.4. The maximum atomic E-state index is 14.7. The Balaban J connectivity index is 1.95. The van der Waals surface area contributed by atoms with Gasteiger partial charge >= 0.3 is 11.9 Å². The molecular formula is C30H27ClN2O6. The molecule has 39 heavy (non-hydrogen) atoms. The van der Waals surface area contributed by atoms with Gasteiger partial charge in [-0.25, -0.2) is 9.69 Å². The largest absolute Gasteiger partial charge is 0.469 e. The fourth-order valence-electron chi connectivity index (χ4n) is 6.17. The summed E-state index contributed by atoms with van der Waals surface area (Å²) in [6, 6.07) is 20.8. The fourth-order valence-corrected chi connectivity index (χ4v) is 6.34. The normalized spacial score (nSPS) is 23.6. The Bertz CT molecular complexity index is 1450. The number of imide groups is 1.